The van der Waals surface area contributed by atoms with E-state index in [1.54, 1.807) is 16.4 Å². The highest BCUT2D eigenvalue weighted by molar-refractivity contribution is 7.89. The van der Waals surface area contributed by atoms with Gasteiger partial charge >= 0.3 is 0 Å². The highest BCUT2D eigenvalue weighted by Gasteiger charge is 2.32. The molecule has 1 aromatic carbocycles. The number of hydrogen-bond acceptors (Lipinski definition) is 4. The summed E-state index contributed by atoms with van der Waals surface area (Å²) in [7, 11) is -0.448. The van der Waals surface area contributed by atoms with Crippen LogP contribution in [0.2, 0.25) is 0 Å². The van der Waals surface area contributed by atoms with E-state index in [0.717, 1.165) is 25.7 Å². The number of nitrogens with zero attached hydrogens (tertiary/aromatic N) is 1. The smallest absolute Gasteiger partial charge is 0.243 e. The van der Waals surface area contributed by atoms with Crippen molar-refractivity contribution >= 4 is 10.0 Å². The van der Waals surface area contributed by atoms with Crippen LogP contribution in [-0.4, -0.2) is 39.5 Å². The van der Waals surface area contributed by atoms with Crippen LogP contribution in [0.4, 0.5) is 0 Å². The Bertz CT molecular complexity index is 585. The Balaban J connectivity index is 2.38. The second kappa shape index (κ2) is 6.66. The first-order valence-electron chi connectivity index (χ1n) is 7.28. The van der Waals surface area contributed by atoms with E-state index in [9.17, 15) is 8.42 Å². The van der Waals surface area contributed by atoms with Crippen LogP contribution in [0.25, 0.3) is 0 Å². The van der Waals surface area contributed by atoms with Crippen LogP contribution in [0.15, 0.2) is 23.1 Å². The number of rotatable bonds is 5. The van der Waals surface area contributed by atoms with Crippen LogP contribution in [0.3, 0.4) is 0 Å². The van der Waals surface area contributed by atoms with Crippen molar-refractivity contribution < 1.29 is 17.9 Å². The van der Waals surface area contributed by atoms with Gasteiger partial charge in [-0.2, -0.15) is 4.31 Å². The normalized spacial score (nSPS) is 20.2. The molecule has 1 heterocycles. The second-order valence-corrected chi connectivity index (χ2v) is 7.08. The van der Waals surface area contributed by atoms with Crippen molar-refractivity contribution in [2.45, 2.75) is 43.5 Å². The van der Waals surface area contributed by atoms with Crippen molar-refractivity contribution in [3.63, 3.8) is 0 Å². The van der Waals surface area contributed by atoms with Gasteiger partial charge in [-0.3, -0.25) is 0 Å². The van der Waals surface area contributed by atoms with Gasteiger partial charge in [-0.25, -0.2) is 8.42 Å². The molecular formula is C15H23NO4S. The Hall–Kier alpha value is -1.27. The summed E-state index contributed by atoms with van der Waals surface area (Å²) in [5, 5.41) is 0. The molecule has 1 fully saturated rings. The number of methoxy groups -OCH3 is 2. The van der Waals surface area contributed by atoms with Gasteiger partial charge in [-0.1, -0.05) is 13.3 Å². The summed E-state index contributed by atoms with van der Waals surface area (Å²) in [4.78, 5) is 0.264. The van der Waals surface area contributed by atoms with Crippen molar-refractivity contribution in [1.29, 1.82) is 0 Å². The lowest BCUT2D eigenvalue weighted by atomic mass is 10.0. The van der Waals surface area contributed by atoms with E-state index >= 15 is 0 Å². The monoisotopic (exact) mass is 313 g/mol. The molecule has 0 bridgehead atoms. The van der Waals surface area contributed by atoms with Crippen LogP contribution in [0.5, 0.6) is 11.5 Å². The summed E-state index contributed by atoms with van der Waals surface area (Å²) < 4.78 is 37.7. The van der Waals surface area contributed by atoms with Crippen LogP contribution in [0, 0.1) is 0 Å². The first kappa shape index (κ1) is 16.1. The maximum atomic E-state index is 12.9. The molecule has 5 nitrogen and oxygen atoms in total. The minimum absolute atomic E-state index is 0.0943. The van der Waals surface area contributed by atoms with E-state index in [1.165, 1.54) is 20.3 Å². The number of benzene rings is 1. The number of hydrogen-bond donors (Lipinski definition) is 0. The Morgan fingerprint density at radius 3 is 2.52 bits per heavy atom. The molecule has 1 aliphatic heterocycles. The van der Waals surface area contributed by atoms with E-state index in [2.05, 4.69) is 0 Å². The lowest BCUT2D eigenvalue weighted by molar-refractivity contribution is 0.246. The molecule has 6 heteroatoms. The molecule has 0 spiro atoms. The molecule has 1 aliphatic rings. The molecule has 1 aromatic rings. The second-order valence-electron chi connectivity index (χ2n) is 5.19. The molecule has 0 unspecified atom stereocenters. The average Bonchev–Trinajstić information content (AvgIpc) is 2.53. The van der Waals surface area contributed by atoms with Gasteiger partial charge in [0.2, 0.25) is 10.0 Å². The fourth-order valence-electron chi connectivity index (χ4n) is 2.81. The summed E-state index contributed by atoms with van der Waals surface area (Å²) in [6.07, 6.45) is 3.79. The predicted molar refractivity (Wildman–Crippen MR) is 81.4 cm³/mol. The molecule has 0 aromatic heterocycles. The molecule has 0 radical (unpaired) electrons. The molecule has 0 saturated carbocycles. The Labute approximate surface area is 126 Å². The molecular weight excluding hydrogens is 290 g/mol. The third-order valence-electron chi connectivity index (χ3n) is 4.01. The lowest BCUT2D eigenvalue weighted by Crippen LogP contribution is -2.43. The largest absolute Gasteiger partial charge is 0.493 e. The summed E-state index contributed by atoms with van der Waals surface area (Å²) in [5.74, 6) is 0.964. The predicted octanol–water partition coefficient (Wildman–Crippen LogP) is 2.66. The van der Waals surface area contributed by atoms with E-state index in [0.29, 0.717) is 18.0 Å². The third kappa shape index (κ3) is 3.16. The molecule has 2 rings (SSSR count). The van der Waals surface area contributed by atoms with Crippen molar-refractivity contribution in [3.8, 4) is 11.5 Å². The highest BCUT2D eigenvalue weighted by atomic mass is 32.2. The molecule has 0 amide bonds. The maximum absolute atomic E-state index is 12.9. The lowest BCUT2D eigenvalue weighted by Gasteiger charge is -2.34. The SMILES string of the molecule is CC[C@@H]1CCCCN1S(=O)(=O)c1ccc(OC)c(OC)c1. The van der Waals surface area contributed by atoms with Gasteiger partial charge in [0.05, 0.1) is 19.1 Å². The minimum Gasteiger partial charge on any atom is -0.493 e. The zero-order valence-electron chi connectivity index (χ0n) is 12.8. The first-order valence-corrected chi connectivity index (χ1v) is 8.72. The highest BCUT2D eigenvalue weighted by Crippen LogP contribution is 2.33. The number of piperidine rings is 1. The fraction of sp³-hybridized carbons (Fsp3) is 0.600. The zero-order chi connectivity index (χ0) is 15.5. The summed E-state index contributed by atoms with van der Waals surface area (Å²) in [6.45, 7) is 2.63. The number of sulfonamides is 1. The van der Waals surface area contributed by atoms with E-state index in [-0.39, 0.29) is 10.9 Å². The van der Waals surface area contributed by atoms with Gasteiger partial charge in [0.15, 0.2) is 11.5 Å². The van der Waals surface area contributed by atoms with Crippen molar-refractivity contribution in [2.24, 2.45) is 0 Å². The van der Waals surface area contributed by atoms with Gasteiger partial charge < -0.3 is 9.47 Å². The van der Waals surface area contributed by atoms with Crippen LogP contribution in [-0.2, 0) is 10.0 Å². The fourth-order valence-corrected chi connectivity index (χ4v) is 4.59. The van der Waals surface area contributed by atoms with Crippen molar-refractivity contribution in [1.82, 2.24) is 4.31 Å². The third-order valence-corrected chi connectivity index (χ3v) is 5.95. The molecule has 0 N–H and O–H groups in total. The Morgan fingerprint density at radius 2 is 1.90 bits per heavy atom. The Kier molecular flexibility index (Phi) is 5.11. The van der Waals surface area contributed by atoms with Crippen molar-refractivity contribution in [2.75, 3.05) is 20.8 Å². The quantitative estimate of drug-likeness (QED) is 0.838. The van der Waals surface area contributed by atoms with Gasteiger partial charge in [0.25, 0.3) is 0 Å². The van der Waals surface area contributed by atoms with Gasteiger partial charge in [0, 0.05) is 18.7 Å². The topological polar surface area (TPSA) is 55.8 Å². The molecule has 1 saturated heterocycles. The molecule has 118 valence electrons. The summed E-state index contributed by atoms with van der Waals surface area (Å²) in [6, 6.07) is 4.85. The zero-order valence-corrected chi connectivity index (χ0v) is 13.6. The van der Waals surface area contributed by atoms with E-state index in [1.807, 2.05) is 6.92 Å². The van der Waals surface area contributed by atoms with E-state index < -0.39 is 10.0 Å². The van der Waals surface area contributed by atoms with Crippen LogP contribution < -0.4 is 9.47 Å². The molecule has 21 heavy (non-hydrogen) atoms. The van der Waals surface area contributed by atoms with Crippen molar-refractivity contribution in [3.05, 3.63) is 18.2 Å². The van der Waals surface area contributed by atoms with Crippen LogP contribution in [0.1, 0.15) is 32.6 Å². The first-order chi connectivity index (χ1) is 10.0. The van der Waals surface area contributed by atoms with Gasteiger partial charge in [0.1, 0.15) is 0 Å². The summed E-state index contributed by atoms with van der Waals surface area (Å²) in [5.41, 5.74) is 0. The molecule has 1 atom stereocenters. The average molecular weight is 313 g/mol. The molecule has 0 aliphatic carbocycles. The standard InChI is InChI=1S/C15H23NO4S/c1-4-12-7-5-6-10-16(12)21(17,18)13-8-9-14(19-2)15(11-13)20-3/h8-9,11-12H,4-7,10H2,1-3H3/t12-/m1/s1. The van der Waals surface area contributed by atoms with E-state index in [4.69, 9.17) is 9.47 Å². The van der Waals surface area contributed by atoms with Crippen LogP contribution >= 0.6 is 0 Å². The summed E-state index contributed by atoms with van der Waals surface area (Å²) >= 11 is 0. The number of ether oxygens (including phenoxy) is 2. The maximum Gasteiger partial charge on any atom is 0.243 e. The minimum atomic E-state index is -3.48. The van der Waals surface area contributed by atoms with Gasteiger partial charge in [-0.05, 0) is 31.4 Å². The van der Waals surface area contributed by atoms with Gasteiger partial charge in [-0.15, -0.1) is 0 Å². The Morgan fingerprint density at radius 1 is 1.19 bits per heavy atom.